The summed E-state index contributed by atoms with van der Waals surface area (Å²) in [5.41, 5.74) is 0. The van der Waals surface area contributed by atoms with Crippen molar-refractivity contribution < 1.29 is 28.9 Å². The lowest BCUT2D eigenvalue weighted by molar-refractivity contribution is -0.162. The maximum absolute atomic E-state index is 12.5. The predicted molar refractivity (Wildman–Crippen MR) is 68.3 cm³/mol. The van der Waals surface area contributed by atoms with Crippen LogP contribution in [0.5, 0.6) is 0 Å². The molecular weight excluding hydrogens is 266 g/mol. The molecule has 0 aliphatic carbocycles. The molecule has 0 radical (unpaired) electrons. The van der Waals surface area contributed by atoms with Gasteiger partial charge >= 0.3 is 5.97 Å². The highest BCUT2D eigenvalue weighted by atomic mass is 16.6. The van der Waals surface area contributed by atoms with Gasteiger partial charge in [-0.05, 0) is 6.42 Å². The van der Waals surface area contributed by atoms with Crippen molar-refractivity contribution in [2.24, 2.45) is 5.92 Å². The molecule has 0 saturated carbocycles. The Morgan fingerprint density at radius 1 is 1.20 bits per heavy atom. The Labute approximate surface area is 117 Å². The summed E-state index contributed by atoms with van der Waals surface area (Å²) in [6.07, 6.45) is 0.118. The molecule has 2 aliphatic rings. The van der Waals surface area contributed by atoms with Gasteiger partial charge in [-0.2, -0.15) is 0 Å². The van der Waals surface area contributed by atoms with Crippen LogP contribution >= 0.6 is 0 Å². The van der Waals surface area contributed by atoms with E-state index in [0.717, 1.165) is 6.42 Å². The molecule has 1 amide bonds. The van der Waals surface area contributed by atoms with Gasteiger partial charge in [0.1, 0.15) is 5.92 Å². The second-order valence-corrected chi connectivity index (χ2v) is 5.02. The van der Waals surface area contributed by atoms with Crippen molar-refractivity contribution in [3.05, 3.63) is 0 Å². The first-order chi connectivity index (χ1) is 9.65. The number of hydrogen-bond acceptors (Lipinski definition) is 5. The van der Waals surface area contributed by atoms with Crippen molar-refractivity contribution in [3.63, 3.8) is 0 Å². The van der Waals surface area contributed by atoms with Crippen molar-refractivity contribution in [2.75, 3.05) is 39.6 Å². The maximum Gasteiger partial charge on any atom is 0.311 e. The quantitative estimate of drug-likeness (QED) is 0.750. The number of carbonyl (C=O) groups excluding carboxylic acids is 1. The van der Waals surface area contributed by atoms with Gasteiger partial charge in [0.25, 0.3) is 5.91 Å². The zero-order valence-corrected chi connectivity index (χ0v) is 11.6. The number of nitrogens with zero attached hydrogens (tertiary/aromatic N) is 1. The lowest BCUT2D eigenvalue weighted by atomic mass is 10.0. The van der Waals surface area contributed by atoms with E-state index in [1.807, 2.05) is 6.92 Å². The summed E-state index contributed by atoms with van der Waals surface area (Å²) in [5.74, 6) is -1.80. The van der Waals surface area contributed by atoms with Crippen LogP contribution in [0.15, 0.2) is 0 Å². The molecule has 2 heterocycles. The molecule has 0 spiro atoms. The Bertz CT molecular complexity index is 355. The van der Waals surface area contributed by atoms with Crippen LogP contribution in [-0.2, 0) is 23.8 Å². The highest BCUT2D eigenvalue weighted by Crippen LogP contribution is 2.22. The van der Waals surface area contributed by atoms with Crippen molar-refractivity contribution in [2.45, 2.75) is 25.5 Å². The summed E-state index contributed by atoms with van der Waals surface area (Å²) >= 11 is 0. The van der Waals surface area contributed by atoms with Gasteiger partial charge < -0.3 is 24.2 Å². The predicted octanol–water partition coefficient (Wildman–Crippen LogP) is -0.260. The van der Waals surface area contributed by atoms with Gasteiger partial charge in [-0.1, -0.05) is 6.92 Å². The third kappa shape index (κ3) is 3.28. The molecule has 0 aromatic carbocycles. The number of aliphatic carboxylic acids is 1. The fraction of sp³-hybridized carbons (Fsp3) is 0.846. The third-order valence-corrected chi connectivity index (χ3v) is 3.61. The Kier molecular flexibility index (Phi) is 5.33. The van der Waals surface area contributed by atoms with Gasteiger partial charge in [-0.15, -0.1) is 0 Å². The number of rotatable bonds is 5. The van der Waals surface area contributed by atoms with E-state index in [-0.39, 0.29) is 25.7 Å². The normalized spacial score (nSPS) is 30.1. The van der Waals surface area contributed by atoms with E-state index >= 15 is 0 Å². The van der Waals surface area contributed by atoms with Crippen molar-refractivity contribution in [1.29, 1.82) is 0 Å². The summed E-state index contributed by atoms with van der Waals surface area (Å²) in [4.78, 5) is 25.3. The van der Waals surface area contributed by atoms with Gasteiger partial charge in [-0.25, -0.2) is 0 Å². The molecule has 0 aromatic rings. The number of amides is 1. The Morgan fingerprint density at radius 3 is 2.60 bits per heavy atom. The van der Waals surface area contributed by atoms with E-state index in [0.29, 0.717) is 19.8 Å². The molecule has 1 N–H and O–H groups in total. The molecule has 20 heavy (non-hydrogen) atoms. The van der Waals surface area contributed by atoms with Crippen LogP contribution in [-0.4, -0.2) is 73.6 Å². The average molecular weight is 287 g/mol. The minimum Gasteiger partial charge on any atom is -0.481 e. The van der Waals surface area contributed by atoms with E-state index in [9.17, 15) is 14.7 Å². The minimum atomic E-state index is -0.929. The summed E-state index contributed by atoms with van der Waals surface area (Å²) in [6, 6.07) is -0.425. The van der Waals surface area contributed by atoms with Crippen LogP contribution in [0.2, 0.25) is 0 Å². The molecule has 0 aromatic heterocycles. The van der Waals surface area contributed by atoms with Crippen molar-refractivity contribution >= 4 is 11.9 Å². The summed E-state index contributed by atoms with van der Waals surface area (Å²) in [7, 11) is 0. The van der Waals surface area contributed by atoms with Crippen molar-refractivity contribution in [1.82, 2.24) is 4.90 Å². The topological polar surface area (TPSA) is 85.3 Å². The Morgan fingerprint density at radius 2 is 2.00 bits per heavy atom. The number of carboxylic acids is 1. The first kappa shape index (κ1) is 15.2. The number of carboxylic acid groups (broad SMARTS) is 1. The van der Waals surface area contributed by atoms with Gasteiger partial charge in [0, 0.05) is 6.54 Å². The third-order valence-electron chi connectivity index (χ3n) is 3.61. The molecule has 2 aliphatic heterocycles. The molecule has 2 rings (SSSR count). The summed E-state index contributed by atoms with van der Waals surface area (Å²) < 4.78 is 15.9. The Hall–Kier alpha value is -1.18. The lowest BCUT2D eigenvalue weighted by Gasteiger charge is -2.34. The number of hydrogen-bond donors (Lipinski definition) is 1. The zero-order valence-electron chi connectivity index (χ0n) is 11.6. The lowest BCUT2D eigenvalue weighted by Crippen LogP contribution is -2.53. The van der Waals surface area contributed by atoms with Gasteiger partial charge in [0.15, 0.2) is 6.10 Å². The van der Waals surface area contributed by atoms with Crippen LogP contribution in [0.3, 0.4) is 0 Å². The smallest absolute Gasteiger partial charge is 0.311 e. The van der Waals surface area contributed by atoms with Crippen LogP contribution in [0.4, 0.5) is 0 Å². The monoisotopic (exact) mass is 287 g/mol. The number of carbonyl (C=O) groups is 2. The molecule has 2 fully saturated rings. The molecular formula is C13H21NO6. The summed E-state index contributed by atoms with van der Waals surface area (Å²) in [5, 5.41) is 9.22. The molecule has 7 nitrogen and oxygen atoms in total. The fourth-order valence-corrected chi connectivity index (χ4v) is 2.58. The van der Waals surface area contributed by atoms with Gasteiger partial charge in [-0.3, -0.25) is 9.59 Å². The average Bonchev–Trinajstić information content (AvgIpc) is 2.94. The van der Waals surface area contributed by atoms with E-state index in [4.69, 9.17) is 14.2 Å². The Balaban J connectivity index is 2.08. The van der Waals surface area contributed by atoms with E-state index in [1.54, 1.807) is 4.90 Å². The first-order valence-electron chi connectivity index (χ1n) is 6.95. The molecule has 7 heteroatoms. The number of ether oxygens (including phenoxy) is 3. The van der Waals surface area contributed by atoms with E-state index < -0.39 is 24.0 Å². The second kappa shape index (κ2) is 7.01. The highest BCUT2D eigenvalue weighted by molar-refractivity contribution is 5.82. The standard InChI is InChI=1S/C13H21NO6/c1-2-3-14(10-7-19-6-9(10)13(16)17)12(15)11-8-18-4-5-20-11/h9-11H,2-8H2,1H3,(H,16,17). The molecule has 0 bridgehead atoms. The fourth-order valence-electron chi connectivity index (χ4n) is 2.58. The van der Waals surface area contributed by atoms with Crippen LogP contribution in [0, 0.1) is 5.92 Å². The summed E-state index contributed by atoms with van der Waals surface area (Å²) in [6.45, 7) is 3.96. The zero-order chi connectivity index (χ0) is 14.5. The second-order valence-electron chi connectivity index (χ2n) is 5.02. The first-order valence-corrected chi connectivity index (χ1v) is 6.95. The maximum atomic E-state index is 12.5. The van der Waals surface area contributed by atoms with Crippen LogP contribution < -0.4 is 0 Å². The van der Waals surface area contributed by atoms with Crippen LogP contribution in [0.25, 0.3) is 0 Å². The largest absolute Gasteiger partial charge is 0.481 e. The van der Waals surface area contributed by atoms with E-state index in [1.165, 1.54) is 0 Å². The molecule has 114 valence electrons. The van der Waals surface area contributed by atoms with Gasteiger partial charge in [0.2, 0.25) is 0 Å². The molecule has 3 atom stereocenters. The van der Waals surface area contributed by atoms with Crippen molar-refractivity contribution in [3.8, 4) is 0 Å². The minimum absolute atomic E-state index is 0.148. The molecule has 2 saturated heterocycles. The van der Waals surface area contributed by atoms with E-state index in [2.05, 4.69) is 0 Å². The highest BCUT2D eigenvalue weighted by Gasteiger charge is 2.41. The molecule has 3 unspecified atom stereocenters. The SMILES string of the molecule is CCCN(C(=O)C1COCCO1)C1COCC1C(=O)O. The van der Waals surface area contributed by atoms with Gasteiger partial charge in [0.05, 0.1) is 39.1 Å². The van der Waals surface area contributed by atoms with Crippen LogP contribution in [0.1, 0.15) is 13.3 Å².